The summed E-state index contributed by atoms with van der Waals surface area (Å²) in [4.78, 5) is 14.2. The quantitative estimate of drug-likeness (QED) is 0.408. The number of carbonyl (C=O) groups is 1. The van der Waals surface area contributed by atoms with Crippen molar-refractivity contribution < 1.29 is 18.7 Å². The molecule has 1 saturated heterocycles. The van der Waals surface area contributed by atoms with Gasteiger partial charge in [-0.25, -0.2) is 4.39 Å². The van der Waals surface area contributed by atoms with Gasteiger partial charge in [-0.15, -0.1) is 0 Å². The molecule has 3 rings (SSSR count). The summed E-state index contributed by atoms with van der Waals surface area (Å²) in [5, 5.41) is 0. The summed E-state index contributed by atoms with van der Waals surface area (Å²) < 4.78 is 25.9. The van der Waals surface area contributed by atoms with E-state index < -0.39 is 0 Å². The first-order chi connectivity index (χ1) is 13.4. The van der Waals surface area contributed by atoms with Gasteiger partial charge >= 0.3 is 0 Å². The molecule has 4 nitrogen and oxygen atoms in total. The normalized spacial score (nSPS) is 15.4. The third-order valence-corrected chi connectivity index (χ3v) is 5.99. The molecule has 1 amide bonds. The van der Waals surface area contributed by atoms with Gasteiger partial charge in [0.15, 0.2) is 11.5 Å². The Balaban J connectivity index is 1.86. The summed E-state index contributed by atoms with van der Waals surface area (Å²) >= 11 is 9.95. The van der Waals surface area contributed by atoms with E-state index in [-0.39, 0.29) is 18.3 Å². The zero-order chi connectivity index (χ0) is 20.3. The van der Waals surface area contributed by atoms with Crippen molar-refractivity contribution in [2.75, 3.05) is 13.7 Å². The second-order valence-corrected chi connectivity index (χ2v) is 8.45. The maximum atomic E-state index is 13.1. The molecule has 0 radical (unpaired) electrons. The topological polar surface area (TPSA) is 38.8 Å². The fourth-order valence-electron chi connectivity index (χ4n) is 2.51. The Bertz CT molecular complexity index is 947. The lowest BCUT2D eigenvalue weighted by Gasteiger charge is -2.15. The van der Waals surface area contributed by atoms with Gasteiger partial charge in [0.1, 0.15) is 16.7 Å². The van der Waals surface area contributed by atoms with Gasteiger partial charge in [0.2, 0.25) is 0 Å². The lowest BCUT2D eigenvalue weighted by atomic mass is 10.1. The van der Waals surface area contributed by atoms with Crippen LogP contribution in [0.15, 0.2) is 45.8 Å². The number of hydrogen-bond donors (Lipinski definition) is 0. The summed E-state index contributed by atoms with van der Waals surface area (Å²) in [6.45, 7) is 2.61. The molecule has 0 aromatic heterocycles. The van der Waals surface area contributed by atoms with Crippen molar-refractivity contribution in [1.29, 1.82) is 0 Å². The summed E-state index contributed by atoms with van der Waals surface area (Å²) in [6.07, 6.45) is 1.78. The predicted molar refractivity (Wildman–Crippen MR) is 117 cm³/mol. The largest absolute Gasteiger partial charge is 0.490 e. The molecule has 0 spiro atoms. The third-order valence-electron chi connectivity index (χ3n) is 3.91. The molecule has 0 bridgehead atoms. The fraction of sp³-hybridized carbons (Fsp3) is 0.200. The van der Waals surface area contributed by atoms with E-state index in [2.05, 4.69) is 15.9 Å². The van der Waals surface area contributed by atoms with Gasteiger partial charge in [0.25, 0.3) is 5.91 Å². The number of thiocarbonyl (C=S) groups is 1. The Kier molecular flexibility index (Phi) is 6.74. The lowest BCUT2D eigenvalue weighted by molar-refractivity contribution is -0.121. The van der Waals surface area contributed by atoms with Crippen LogP contribution in [0.1, 0.15) is 18.1 Å². The minimum absolute atomic E-state index is 0.124. The average molecular weight is 482 g/mol. The first-order valence-electron chi connectivity index (χ1n) is 8.44. The van der Waals surface area contributed by atoms with Crippen LogP contribution in [0.2, 0.25) is 0 Å². The monoisotopic (exact) mass is 481 g/mol. The van der Waals surface area contributed by atoms with Crippen LogP contribution in [0.25, 0.3) is 6.08 Å². The number of carbonyl (C=O) groups excluding carboxylic acids is 1. The molecule has 0 saturated carbocycles. The van der Waals surface area contributed by atoms with Gasteiger partial charge in [-0.3, -0.25) is 9.69 Å². The van der Waals surface area contributed by atoms with E-state index in [1.807, 2.05) is 19.1 Å². The Hall–Kier alpha value is -1.90. The zero-order valence-electron chi connectivity index (χ0n) is 15.2. The van der Waals surface area contributed by atoms with Crippen LogP contribution < -0.4 is 9.47 Å². The number of likely N-dealkylation sites (N-methyl/N-ethyl adjacent to an activating group) is 1. The van der Waals surface area contributed by atoms with Crippen LogP contribution in [-0.4, -0.2) is 28.8 Å². The van der Waals surface area contributed by atoms with Crippen molar-refractivity contribution in [3.8, 4) is 11.5 Å². The maximum Gasteiger partial charge on any atom is 0.265 e. The maximum absolute atomic E-state index is 13.1. The standard InChI is InChI=1S/C20H17BrFNO3S2/c1-3-25-16-9-13(10-17-19(24)23(2)20(27)28-17)8-15(21)18(16)26-11-12-4-6-14(22)7-5-12/h4-10H,3,11H2,1-2H3/b17-10-. The molecule has 1 heterocycles. The van der Waals surface area contributed by atoms with E-state index in [1.165, 1.54) is 28.8 Å². The Morgan fingerprint density at radius 2 is 1.96 bits per heavy atom. The van der Waals surface area contributed by atoms with Crippen LogP contribution in [0.3, 0.4) is 0 Å². The van der Waals surface area contributed by atoms with Gasteiger partial charge in [-0.2, -0.15) is 0 Å². The number of nitrogens with zero attached hydrogens (tertiary/aromatic N) is 1. The van der Waals surface area contributed by atoms with Crippen molar-refractivity contribution in [3.63, 3.8) is 0 Å². The molecule has 0 N–H and O–H groups in total. The molecule has 1 fully saturated rings. The van der Waals surface area contributed by atoms with Crippen molar-refractivity contribution in [3.05, 3.63) is 62.7 Å². The van der Waals surface area contributed by atoms with Gasteiger partial charge in [0.05, 0.1) is 16.0 Å². The van der Waals surface area contributed by atoms with Gasteiger partial charge < -0.3 is 9.47 Å². The number of benzene rings is 2. The van der Waals surface area contributed by atoms with Crippen molar-refractivity contribution in [2.45, 2.75) is 13.5 Å². The molecule has 2 aromatic carbocycles. The SMILES string of the molecule is CCOc1cc(/C=C2\SC(=S)N(C)C2=O)cc(Br)c1OCc1ccc(F)cc1. The minimum atomic E-state index is -0.290. The second-order valence-electron chi connectivity index (χ2n) is 5.92. The second kappa shape index (κ2) is 9.07. The average Bonchev–Trinajstić information content (AvgIpc) is 2.89. The Morgan fingerprint density at radius 3 is 2.57 bits per heavy atom. The highest BCUT2D eigenvalue weighted by atomic mass is 79.9. The molecular formula is C20H17BrFNO3S2. The highest BCUT2D eigenvalue weighted by molar-refractivity contribution is 9.10. The van der Waals surface area contributed by atoms with E-state index in [0.717, 1.165) is 11.1 Å². The summed E-state index contributed by atoms with van der Waals surface area (Å²) in [5.41, 5.74) is 1.63. The number of hydrogen-bond acceptors (Lipinski definition) is 5. The fourth-order valence-corrected chi connectivity index (χ4v) is 4.26. The summed E-state index contributed by atoms with van der Waals surface area (Å²) in [7, 11) is 1.66. The molecule has 1 aliphatic rings. The molecule has 28 heavy (non-hydrogen) atoms. The lowest BCUT2D eigenvalue weighted by Crippen LogP contribution is -2.22. The first-order valence-corrected chi connectivity index (χ1v) is 10.5. The number of halogens is 2. The molecule has 146 valence electrons. The van der Waals surface area contributed by atoms with E-state index in [1.54, 1.807) is 25.3 Å². The molecule has 1 aliphatic heterocycles. The van der Waals surface area contributed by atoms with Gasteiger partial charge in [-0.1, -0.05) is 36.1 Å². The smallest absolute Gasteiger partial charge is 0.265 e. The highest BCUT2D eigenvalue weighted by Gasteiger charge is 2.28. The van der Waals surface area contributed by atoms with E-state index >= 15 is 0 Å². The highest BCUT2D eigenvalue weighted by Crippen LogP contribution is 2.39. The van der Waals surface area contributed by atoms with Crippen molar-refractivity contribution >= 4 is 56.2 Å². The van der Waals surface area contributed by atoms with Gasteiger partial charge in [-0.05, 0) is 64.3 Å². The van der Waals surface area contributed by atoms with E-state index in [0.29, 0.717) is 31.8 Å². The molecule has 2 aromatic rings. The number of rotatable bonds is 6. The number of ether oxygens (including phenoxy) is 2. The minimum Gasteiger partial charge on any atom is -0.490 e. The Labute approximate surface area is 180 Å². The van der Waals surface area contributed by atoms with Crippen LogP contribution in [0.5, 0.6) is 11.5 Å². The van der Waals surface area contributed by atoms with Crippen LogP contribution in [0, 0.1) is 5.82 Å². The number of amides is 1. The van der Waals surface area contributed by atoms with Gasteiger partial charge in [0, 0.05) is 7.05 Å². The van der Waals surface area contributed by atoms with Crippen molar-refractivity contribution in [1.82, 2.24) is 4.90 Å². The summed E-state index contributed by atoms with van der Waals surface area (Å²) in [6, 6.07) is 9.80. The molecule has 0 unspecified atom stereocenters. The van der Waals surface area contributed by atoms with Crippen LogP contribution >= 0.6 is 39.9 Å². The molecular weight excluding hydrogens is 465 g/mol. The molecule has 0 aliphatic carbocycles. The van der Waals surface area contributed by atoms with Crippen molar-refractivity contribution in [2.24, 2.45) is 0 Å². The molecule has 0 atom stereocenters. The predicted octanol–water partition coefficient (Wildman–Crippen LogP) is 5.40. The molecule has 8 heteroatoms. The summed E-state index contributed by atoms with van der Waals surface area (Å²) in [5.74, 6) is 0.686. The number of thioether (sulfide) groups is 1. The zero-order valence-corrected chi connectivity index (χ0v) is 18.4. The first kappa shape index (κ1) is 20.8. The Morgan fingerprint density at radius 1 is 1.25 bits per heavy atom. The van der Waals surface area contributed by atoms with E-state index in [4.69, 9.17) is 21.7 Å². The van der Waals surface area contributed by atoms with Crippen LogP contribution in [-0.2, 0) is 11.4 Å². The third kappa shape index (κ3) is 4.74. The van der Waals surface area contributed by atoms with Crippen LogP contribution in [0.4, 0.5) is 4.39 Å². The van der Waals surface area contributed by atoms with E-state index in [9.17, 15) is 9.18 Å².